The largest absolute Gasteiger partial charge is 0.507 e. The van der Waals surface area contributed by atoms with Crippen LogP contribution in [0.4, 0.5) is 5.69 Å². The summed E-state index contributed by atoms with van der Waals surface area (Å²) >= 11 is 6.06. The molecule has 0 bridgehead atoms. The van der Waals surface area contributed by atoms with E-state index in [4.69, 9.17) is 21.1 Å². The normalized spacial score (nSPS) is 20.6. The lowest BCUT2D eigenvalue weighted by molar-refractivity contribution is -0.132. The van der Waals surface area contributed by atoms with E-state index in [1.807, 2.05) is 32.0 Å². The van der Waals surface area contributed by atoms with E-state index in [1.54, 1.807) is 48.5 Å². The van der Waals surface area contributed by atoms with E-state index < -0.39 is 17.7 Å². The maximum atomic E-state index is 13.4. The van der Waals surface area contributed by atoms with Crippen molar-refractivity contribution in [2.45, 2.75) is 32.4 Å². The molecule has 3 aromatic rings. The van der Waals surface area contributed by atoms with Gasteiger partial charge in [0.25, 0.3) is 11.7 Å². The molecule has 2 unspecified atom stereocenters. The summed E-state index contributed by atoms with van der Waals surface area (Å²) in [4.78, 5) is 28.1. The van der Waals surface area contributed by atoms with E-state index in [0.29, 0.717) is 40.6 Å². The number of hydrogen-bond donors (Lipinski definition) is 1. The highest BCUT2D eigenvalue weighted by atomic mass is 35.5. The van der Waals surface area contributed by atoms with Gasteiger partial charge in [0.15, 0.2) is 0 Å². The Morgan fingerprint density at radius 2 is 1.89 bits per heavy atom. The first kappa shape index (κ1) is 23.0. The molecule has 3 aromatic carbocycles. The number of aliphatic hydroxyl groups is 1. The van der Waals surface area contributed by atoms with Gasteiger partial charge in [-0.15, -0.1) is 0 Å². The number of ether oxygens (including phenoxy) is 2. The third-order valence-corrected chi connectivity index (χ3v) is 6.46. The average molecular weight is 490 g/mol. The molecule has 2 aliphatic rings. The second-order valence-electron chi connectivity index (χ2n) is 8.61. The van der Waals surface area contributed by atoms with Crippen LogP contribution in [0.5, 0.6) is 11.5 Å². The Hall–Kier alpha value is -3.77. The molecule has 0 aliphatic carbocycles. The van der Waals surface area contributed by atoms with Crippen molar-refractivity contribution in [2.24, 2.45) is 0 Å². The van der Waals surface area contributed by atoms with E-state index in [2.05, 4.69) is 0 Å². The van der Waals surface area contributed by atoms with Crippen molar-refractivity contribution in [3.05, 3.63) is 94.0 Å². The maximum Gasteiger partial charge on any atom is 0.300 e. The highest BCUT2D eigenvalue weighted by Crippen LogP contribution is 2.43. The van der Waals surface area contributed by atoms with Gasteiger partial charge in [0.05, 0.1) is 18.2 Å². The van der Waals surface area contributed by atoms with Crippen LogP contribution in [0.25, 0.3) is 5.76 Å². The molecule has 0 spiro atoms. The smallest absolute Gasteiger partial charge is 0.300 e. The van der Waals surface area contributed by atoms with Crippen molar-refractivity contribution >= 4 is 34.7 Å². The van der Waals surface area contributed by atoms with E-state index in [9.17, 15) is 14.7 Å². The minimum Gasteiger partial charge on any atom is -0.507 e. The number of aliphatic hydroxyl groups excluding tert-OH is 1. The molecular formula is C28H24ClNO5. The Morgan fingerprint density at radius 3 is 2.63 bits per heavy atom. The molecule has 1 amide bonds. The fourth-order valence-corrected chi connectivity index (χ4v) is 4.81. The van der Waals surface area contributed by atoms with Crippen LogP contribution in [0.2, 0.25) is 5.02 Å². The fraction of sp³-hybridized carbons (Fsp3) is 0.214. The highest BCUT2D eigenvalue weighted by molar-refractivity contribution is 6.51. The van der Waals surface area contributed by atoms with Gasteiger partial charge in [-0.05, 0) is 79.6 Å². The van der Waals surface area contributed by atoms with E-state index >= 15 is 0 Å². The van der Waals surface area contributed by atoms with Gasteiger partial charge in [0.1, 0.15) is 23.4 Å². The predicted octanol–water partition coefficient (Wildman–Crippen LogP) is 5.69. The SMILES string of the molecule is CCOc1cccc(C2/C(=C(/O)c3ccc4c(c3)CC(C)O4)C(=O)C(=O)N2c2ccc(Cl)cc2)c1. The third kappa shape index (κ3) is 4.15. The highest BCUT2D eigenvalue weighted by Gasteiger charge is 2.47. The lowest BCUT2D eigenvalue weighted by Crippen LogP contribution is -2.29. The molecular weight excluding hydrogens is 466 g/mol. The zero-order chi connectivity index (χ0) is 24.7. The lowest BCUT2D eigenvalue weighted by Gasteiger charge is -2.26. The number of benzene rings is 3. The first-order valence-electron chi connectivity index (χ1n) is 11.5. The number of ketones is 1. The molecule has 7 heteroatoms. The van der Waals surface area contributed by atoms with Crippen LogP contribution in [-0.2, 0) is 16.0 Å². The van der Waals surface area contributed by atoms with Gasteiger partial charge in [-0.25, -0.2) is 0 Å². The summed E-state index contributed by atoms with van der Waals surface area (Å²) in [6, 6.07) is 18.3. The average Bonchev–Trinajstić information content (AvgIpc) is 3.35. The van der Waals surface area contributed by atoms with Crippen LogP contribution in [0.1, 0.15) is 36.6 Å². The monoisotopic (exact) mass is 489 g/mol. The molecule has 1 fully saturated rings. The van der Waals surface area contributed by atoms with Gasteiger partial charge in [-0.1, -0.05) is 23.7 Å². The second kappa shape index (κ2) is 9.12. The molecule has 0 radical (unpaired) electrons. The summed E-state index contributed by atoms with van der Waals surface area (Å²) in [7, 11) is 0. The van der Waals surface area contributed by atoms with Crippen molar-refractivity contribution < 1.29 is 24.2 Å². The quantitative estimate of drug-likeness (QED) is 0.283. The van der Waals surface area contributed by atoms with Crippen molar-refractivity contribution in [1.29, 1.82) is 0 Å². The topological polar surface area (TPSA) is 76.1 Å². The van der Waals surface area contributed by atoms with Crippen LogP contribution < -0.4 is 14.4 Å². The van der Waals surface area contributed by atoms with Crippen LogP contribution in [0.15, 0.2) is 72.3 Å². The van der Waals surface area contributed by atoms with Crippen LogP contribution >= 0.6 is 11.6 Å². The summed E-state index contributed by atoms with van der Waals surface area (Å²) in [5, 5.41) is 11.9. The lowest BCUT2D eigenvalue weighted by atomic mass is 9.94. The Kier molecular flexibility index (Phi) is 5.99. The van der Waals surface area contributed by atoms with Crippen LogP contribution in [0, 0.1) is 0 Å². The Bertz CT molecular complexity index is 1350. The predicted molar refractivity (Wildman–Crippen MR) is 134 cm³/mol. The standard InChI is InChI=1S/C28H24ClNO5/c1-3-34-22-6-4-5-17(15-22)25-24(26(31)18-7-12-23-19(14-18)13-16(2)35-23)27(32)28(33)30(25)21-10-8-20(29)9-11-21/h4-12,14-16,25,31H,3,13H2,1-2H3/b26-24-. The van der Waals surface area contributed by atoms with Gasteiger partial charge in [0.2, 0.25) is 0 Å². The van der Waals surface area contributed by atoms with Crippen molar-refractivity contribution in [1.82, 2.24) is 0 Å². The third-order valence-electron chi connectivity index (χ3n) is 6.20. The van der Waals surface area contributed by atoms with E-state index in [-0.39, 0.29) is 17.4 Å². The molecule has 178 valence electrons. The summed E-state index contributed by atoms with van der Waals surface area (Å²) < 4.78 is 11.4. The number of carbonyl (C=O) groups is 2. The molecule has 6 nitrogen and oxygen atoms in total. The number of anilines is 1. The fourth-order valence-electron chi connectivity index (χ4n) is 4.68. The molecule has 0 aromatic heterocycles. The van der Waals surface area contributed by atoms with Crippen molar-refractivity contribution in [2.75, 3.05) is 11.5 Å². The first-order valence-corrected chi connectivity index (χ1v) is 11.8. The number of carbonyl (C=O) groups excluding carboxylic acids is 2. The van der Waals surface area contributed by atoms with Gasteiger partial charge < -0.3 is 14.6 Å². The van der Waals surface area contributed by atoms with Crippen molar-refractivity contribution in [3.8, 4) is 11.5 Å². The molecule has 2 aliphatic heterocycles. The minimum absolute atomic E-state index is 0.0190. The summed E-state index contributed by atoms with van der Waals surface area (Å²) in [6.45, 7) is 4.32. The molecule has 0 saturated carbocycles. The molecule has 1 N–H and O–H groups in total. The maximum absolute atomic E-state index is 13.4. The number of Topliss-reactive ketones (excluding diaryl/α,β-unsaturated/α-hetero) is 1. The number of rotatable bonds is 5. The number of fused-ring (bicyclic) bond motifs is 1. The number of amides is 1. The van der Waals surface area contributed by atoms with Crippen LogP contribution in [-0.4, -0.2) is 29.5 Å². The van der Waals surface area contributed by atoms with E-state index in [1.165, 1.54) is 4.90 Å². The Morgan fingerprint density at radius 1 is 1.11 bits per heavy atom. The number of hydrogen-bond acceptors (Lipinski definition) is 5. The molecule has 2 heterocycles. The second-order valence-corrected chi connectivity index (χ2v) is 9.04. The zero-order valence-corrected chi connectivity index (χ0v) is 20.1. The van der Waals surface area contributed by atoms with Gasteiger partial charge in [-0.2, -0.15) is 0 Å². The van der Waals surface area contributed by atoms with Gasteiger partial charge in [-0.3, -0.25) is 14.5 Å². The van der Waals surface area contributed by atoms with Crippen LogP contribution in [0.3, 0.4) is 0 Å². The van der Waals surface area contributed by atoms with E-state index in [0.717, 1.165) is 11.3 Å². The zero-order valence-electron chi connectivity index (χ0n) is 19.3. The Balaban J connectivity index is 1.68. The molecule has 35 heavy (non-hydrogen) atoms. The summed E-state index contributed by atoms with van der Waals surface area (Å²) in [5.74, 6) is -0.339. The number of halogens is 1. The Labute approximate surface area is 208 Å². The summed E-state index contributed by atoms with van der Waals surface area (Å²) in [5.41, 5.74) is 2.57. The molecule has 1 saturated heterocycles. The van der Waals surface area contributed by atoms with Crippen molar-refractivity contribution in [3.63, 3.8) is 0 Å². The number of nitrogens with zero attached hydrogens (tertiary/aromatic N) is 1. The van der Waals surface area contributed by atoms with Gasteiger partial charge >= 0.3 is 0 Å². The minimum atomic E-state index is -0.847. The first-order chi connectivity index (χ1) is 16.9. The van der Waals surface area contributed by atoms with Gasteiger partial charge in [0, 0.05) is 22.7 Å². The molecule has 5 rings (SSSR count). The summed E-state index contributed by atoms with van der Waals surface area (Å²) in [6.07, 6.45) is 0.745. The molecule has 2 atom stereocenters.